The van der Waals surface area contributed by atoms with E-state index in [-0.39, 0.29) is 11.9 Å². The van der Waals surface area contributed by atoms with Crippen molar-refractivity contribution >= 4 is 0 Å². The number of halogens is 1. The molecule has 2 aliphatic rings. The Balaban J connectivity index is 1.75. The molecular formula is C17H26FN3. The van der Waals surface area contributed by atoms with Crippen molar-refractivity contribution in [2.75, 3.05) is 32.7 Å². The molecular weight excluding hydrogens is 265 g/mol. The maximum Gasteiger partial charge on any atom is 0.126 e. The SMILES string of the molecule is Cc1cc(C(CN)N2CCN3CCCCC3C2)ccc1F. The lowest BCUT2D eigenvalue weighted by Crippen LogP contribution is -2.56. The van der Waals surface area contributed by atoms with Crippen molar-refractivity contribution in [2.45, 2.75) is 38.3 Å². The van der Waals surface area contributed by atoms with Gasteiger partial charge in [-0.15, -0.1) is 0 Å². The first-order chi connectivity index (χ1) is 10.2. The number of benzene rings is 1. The quantitative estimate of drug-likeness (QED) is 0.927. The van der Waals surface area contributed by atoms with Gasteiger partial charge in [0.25, 0.3) is 0 Å². The van der Waals surface area contributed by atoms with Crippen LogP contribution in [0.3, 0.4) is 0 Å². The van der Waals surface area contributed by atoms with E-state index in [0.29, 0.717) is 18.2 Å². The van der Waals surface area contributed by atoms with Crippen LogP contribution in [0.15, 0.2) is 18.2 Å². The van der Waals surface area contributed by atoms with Crippen molar-refractivity contribution in [2.24, 2.45) is 5.73 Å². The second-order valence-electron chi connectivity index (χ2n) is 6.44. The summed E-state index contributed by atoms with van der Waals surface area (Å²) in [5, 5.41) is 0. The Morgan fingerprint density at radius 1 is 1.29 bits per heavy atom. The summed E-state index contributed by atoms with van der Waals surface area (Å²) in [6.07, 6.45) is 3.99. The first-order valence-electron chi connectivity index (χ1n) is 8.13. The number of fused-ring (bicyclic) bond motifs is 1. The fraction of sp³-hybridized carbons (Fsp3) is 0.647. The summed E-state index contributed by atoms with van der Waals surface area (Å²) < 4.78 is 13.5. The highest BCUT2D eigenvalue weighted by Gasteiger charge is 2.32. The van der Waals surface area contributed by atoms with Crippen LogP contribution in [0.25, 0.3) is 0 Å². The summed E-state index contributed by atoms with van der Waals surface area (Å²) >= 11 is 0. The Kier molecular flexibility index (Phi) is 4.57. The molecule has 2 saturated heterocycles. The Bertz CT molecular complexity index is 491. The predicted octanol–water partition coefficient (Wildman–Crippen LogP) is 2.30. The zero-order valence-corrected chi connectivity index (χ0v) is 12.9. The van der Waals surface area contributed by atoms with Crippen LogP contribution in [-0.4, -0.2) is 48.6 Å². The summed E-state index contributed by atoms with van der Waals surface area (Å²) in [5.41, 5.74) is 7.91. The molecule has 2 heterocycles. The Morgan fingerprint density at radius 2 is 2.14 bits per heavy atom. The average Bonchev–Trinajstić information content (AvgIpc) is 2.51. The van der Waals surface area contributed by atoms with Gasteiger partial charge in [-0.2, -0.15) is 0 Å². The lowest BCUT2D eigenvalue weighted by molar-refractivity contribution is 0.0286. The third kappa shape index (κ3) is 3.12. The number of piperazine rings is 1. The van der Waals surface area contributed by atoms with E-state index in [4.69, 9.17) is 5.73 Å². The Morgan fingerprint density at radius 3 is 2.90 bits per heavy atom. The Hall–Kier alpha value is -0.970. The summed E-state index contributed by atoms with van der Waals surface area (Å²) in [5.74, 6) is -0.133. The van der Waals surface area contributed by atoms with Crippen LogP contribution >= 0.6 is 0 Å². The van der Waals surface area contributed by atoms with Crippen LogP contribution in [0.5, 0.6) is 0 Å². The lowest BCUT2D eigenvalue weighted by Gasteiger charge is -2.46. The largest absolute Gasteiger partial charge is 0.329 e. The smallest absolute Gasteiger partial charge is 0.126 e. The number of rotatable bonds is 3. The van der Waals surface area contributed by atoms with Crippen LogP contribution < -0.4 is 5.73 Å². The number of hydrogen-bond donors (Lipinski definition) is 1. The molecule has 2 fully saturated rings. The topological polar surface area (TPSA) is 32.5 Å². The average molecular weight is 291 g/mol. The van der Waals surface area contributed by atoms with Gasteiger partial charge in [0.1, 0.15) is 5.82 Å². The van der Waals surface area contributed by atoms with Gasteiger partial charge < -0.3 is 5.73 Å². The van der Waals surface area contributed by atoms with Crippen molar-refractivity contribution < 1.29 is 4.39 Å². The molecule has 0 spiro atoms. The van der Waals surface area contributed by atoms with E-state index in [1.54, 1.807) is 6.07 Å². The van der Waals surface area contributed by atoms with Crippen molar-refractivity contribution in [3.63, 3.8) is 0 Å². The van der Waals surface area contributed by atoms with E-state index >= 15 is 0 Å². The number of nitrogens with zero attached hydrogens (tertiary/aromatic N) is 2. The molecule has 0 amide bonds. The standard InChI is InChI=1S/C17H26FN3/c1-13-10-14(5-6-16(13)18)17(11-19)21-9-8-20-7-3-2-4-15(20)12-21/h5-6,10,15,17H,2-4,7-9,11-12,19H2,1H3. The molecule has 21 heavy (non-hydrogen) atoms. The van der Waals surface area contributed by atoms with Gasteiger partial charge in [0, 0.05) is 38.3 Å². The highest BCUT2D eigenvalue weighted by atomic mass is 19.1. The summed E-state index contributed by atoms with van der Waals surface area (Å²) in [7, 11) is 0. The first-order valence-corrected chi connectivity index (χ1v) is 8.13. The molecule has 0 aromatic heterocycles. The predicted molar refractivity (Wildman–Crippen MR) is 83.7 cm³/mol. The molecule has 0 radical (unpaired) electrons. The van der Waals surface area contributed by atoms with Crippen molar-refractivity contribution in [3.05, 3.63) is 35.1 Å². The minimum atomic E-state index is -0.133. The van der Waals surface area contributed by atoms with Gasteiger partial charge in [0.15, 0.2) is 0 Å². The maximum absolute atomic E-state index is 13.5. The van der Waals surface area contributed by atoms with Crippen LogP contribution in [0.4, 0.5) is 4.39 Å². The van der Waals surface area contributed by atoms with E-state index in [2.05, 4.69) is 9.80 Å². The molecule has 2 aliphatic heterocycles. The van der Waals surface area contributed by atoms with Gasteiger partial charge in [-0.25, -0.2) is 4.39 Å². The van der Waals surface area contributed by atoms with Gasteiger partial charge in [-0.05, 0) is 43.5 Å². The van der Waals surface area contributed by atoms with Crippen LogP contribution in [0.1, 0.15) is 36.4 Å². The number of nitrogens with two attached hydrogens (primary N) is 1. The van der Waals surface area contributed by atoms with E-state index in [1.165, 1.54) is 25.8 Å². The third-order valence-electron chi connectivity index (χ3n) is 5.10. The normalized spacial score (nSPS) is 25.6. The van der Waals surface area contributed by atoms with E-state index in [9.17, 15) is 4.39 Å². The molecule has 0 aliphatic carbocycles. The van der Waals surface area contributed by atoms with Crippen molar-refractivity contribution in [1.29, 1.82) is 0 Å². The van der Waals surface area contributed by atoms with Crippen molar-refractivity contribution in [1.82, 2.24) is 9.80 Å². The fourth-order valence-corrected chi connectivity index (χ4v) is 3.83. The monoisotopic (exact) mass is 291 g/mol. The number of hydrogen-bond acceptors (Lipinski definition) is 3. The molecule has 1 aromatic rings. The molecule has 3 nitrogen and oxygen atoms in total. The molecule has 2 N–H and O–H groups in total. The van der Waals surface area contributed by atoms with Gasteiger partial charge in [0.05, 0.1) is 0 Å². The molecule has 0 saturated carbocycles. The second kappa shape index (κ2) is 6.42. The van der Waals surface area contributed by atoms with Gasteiger partial charge in [0.2, 0.25) is 0 Å². The molecule has 1 aromatic carbocycles. The maximum atomic E-state index is 13.5. The number of piperidine rings is 1. The fourth-order valence-electron chi connectivity index (χ4n) is 3.83. The summed E-state index contributed by atoms with van der Waals surface area (Å²) in [6, 6.07) is 6.33. The third-order valence-corrected chi connectivity index (χ3v) is 5.10. The van der Waals surface area contributed by atoms with Gasteiger partial charge >= 0.3 is 0 Å². The zero-order valence-electron chi connectivity index (χ0n) is 12.9. The molecule has 0 bridgehead atoms. The molecule has 2 atom stereocenters. The highest BCUT2D eigenvalue weighted by Crippen LogP contribution is 2.28. The summed E-state index contributed by atoms with van der Waals surface area (Å²) in [4.78, 5) is 5.13. The Labute approximate surface area is 126 Å². The van der Waals surface area contributed by atoms with Crippen LogP contribution in [-0.2, 0) is 0 Å². The van der Waals surface area contributed by atoms with E-state index in [1.807, 2.05) is 19.1 Å². The van der Waals surface area contributed by atoms with Crippen LogP contribution in [0.2, 0.25) is 0 Å². The lowest BCUT2D eigenvalue weighted by atomic mass is 9.96. The molecule has 4 heteroatoms. The van der Waals surface area contributed by atoms with Gasteiger partial charge in [-0.3, -0.25) is 9.80 Å². The number of aryl methyl sites for hydroxylation is 1. The summed E-state index contributed by atoms with van der Waals surface area (Å²) in [6.45, 7) is 6.97. The molecule has 2 unspecified atom stereocenters. The second-order valence-corrected chi connectivity index (χ2v) is 6.44. The van der Waals surface area contributed by atoms with Crippen LogP contribution in [0, 0.1) is 12.7 Å². The highest BCUT2D eigenvalue weighted by molar-refractivity contribution is 5.27. The molecule has 116 valence electrons. The van der Waals surface area contributed by atoms with Crippen molar-refractivity contribution in [3.8, 4) is 0 Å². The van der Waals surface area contributed by atoms with Gasteiger partial charge in [-0.1, -0.05) is 18.6 Å². The minimum Gasteiger partial charge on any atom is -0.329 e. The molecule has 3 rings (SSSR count). The minimum absolute atomic E-state index is 0.133. The zero-order chi connectivity index (χ0) is 14.8. The van der Waals surface area contributed by atoms with E-state index < -0.39 is 0 Å². The van der Waals surface area contributed by atoms with E-state index in [0.717, 1.165) is 25.2 Å². The first kappa shape index (κ1) is 14.9.